The van der Waals surface area contributed by atoms with Gasteiger partial charge in [0.25, 0.3) is 0 Å². The maximum absolute atomic E-state index is 13.8. The molecule has 132 valence electrons. The summed E-state index contributed by atoms with van der Waals surface area (Å²) in [6.07, 6.45) is 0. The van der Waals surface area contributed by atoms with Crippen LogP contribution >= 0.6 is 0 Å². The maximum Gasteiger partial charge on any atom is 0.244 e. The SMILES string of the molecule is COc1ccc(CN2CCN(c3ccc(C)c(F)c3)C(=O)C2C)cc1. The minimum absolute atomic E-state index is 0.00279. The number of carbonyl (C=O) groups is 1. The molecule has 1 unspecified atom stereocenters. The number of rotatable bonds is 4. The third kappa shape index (κ3) is 3.66. The number of hydrogen-bond acceptors (Lipinski definition) is 3. The van der Waals surface area contributed by atoms with Crippen LogP contribution in [0.25, 0.3) is 0 Å². The van der Waals surface area contributed by atoms with Crippen molar-refractivity contribution >= 4 is 11.6 Å². The maximum atomic E-state index is 13.8. The monoisotopic (exact) mass is 342 g/mol. The van der Waals surface area contributed by atoms with Crippen LogP contribution in [0.1, 0.15) is 18.1 Å². The van der Waals surface area contributed by atoms with Crippen LogP contribution in [0.3, 0.4) is 0 Å². The Balaban J connectivity index is 1.71. The van der Waals surface area contributed by atoms with Crippen molar-refractivity contribution < 1.29 is 13.9 Å². The number of piperazine rings is 1. The van der Waals surface area contributed by atoms with Crippen LogP contribution in [-0.2, 0) is 11.3 Å². The Hall–Kier alpha value is -2.40. The number of anilines is 1. The van der Waals surface area contributed by atoms with Crippen LogP contribution in [0, 0.1) is 12.7 Å². The van der Waals surface area contributed by atoms with E-state index in [1.54, 1.807) is 25.0 Å². The lowest BCUT2D eigenvalue weighted by Gasteiger charge is -2.39. The van der Waals surface area contributed by atoms with Gasteiger partial charge in [0, 0.05) is 25.3 Å². The van der Waals surface area contributed by atoms with Crippen LogP contribution in [0.5, 0.6) is 5.75 Å². The Kier molecular flexibility index (Phi) is 5.04. The summed E-state index contributed by atoms with van der Waals surface area (Å²) in [4.78, 5) is 16.6. The second-order valence-electron chi connectivity index (χ2n) is 6.42. The van der Waals surface area contributed by atoms with Gasteiger partial charge in [-0.1, -0.05) is 18.2 Å². The van der Waals surface area contributed by atoms with Crippen molar-refractivity contribution in [1.82, 2.24) is 4.90 Å². The third-order valence-corrected chi connectivity index (χ3v) is 4.79. The van der Waals surface area contributed by atoms with Crippen molar-refractivity contribution in [2.24, 2.45) is 0 Å². The lowest BCUT2D eigenvalue weighted by molar-refractivity contribution is -0.125. The smallest absolute Gasteiger partial charge is 0.244 e. The van der Waals surface area contributed by atoms with Gasteiger partial charge in [0.1, 0.15) is 11.6 Å². The first kappa shape index (κ1) is 17.4. The molecule has 5 heteroatoms. The van der Waals surface area contributed by atoms with Crippen molar-refractivity contribution in [3.05, 3.63) is 59.4 Å². The van der Waals surface area contributed by atoms with Gasteiger partial charge < -0.3 is 9.64 Å². The van der Waals surface area contributed by atoms with Gasteiger partial charge in [0.05, 0.1) is 13.2 Å². The van der Waals surface area contributed by atoms with Crippen molar-refractivity contribution in [3.63, 3.8) is 0 Å². The molecule has 1 amide bonds. The standard InChI is InChI=1S/C20H23FN2O2/c1-14-4-7-17(12-19(14)21)23-11-10-22(15(2)20(23)24)13-16-5-8-18(25-3)9-6-16/h4-9,12,15H,10-11,13H2,1-3H3. The number of methoxy groups -OCH3 is 1. The molecular weight excluding hydrogens is 319 g/mol. The predicted molar refractivity (Wildman–Crippen MR) is 96.4 cm³/mol. The number of aryl methyl sites for hydroxylation is 1. The molecule has 0 bridgehead atoms. The molecule has 1 atom stereocenters. The van der Waals surface area contributed by atoms with Gasteiger partial charge in [-0.3, -0.25) is 9.69 Å². The largest absolute Gasteiger partial charge is 0.497 e. The molecule has 3 rings (SSSR count). The zero-order chi connectivity index (χ0) is 18.0. The summed E-state index contributed by atoms with van der Waals surface area (Å²) >= 11 is 0. The Morgan fingerprint density at radius 1 is 1.16 bits per heavy atom. The van der Waals surface area contributed by atoms with Gasteiger partial charge in [0.15, 0.2) is 0 Å². The quantitative estimate of drug-likeness (QED) is 0.854. The molecule has 0 N–H and O–H groups in total. The van der Waals surface area contributed by atoms with E-state index in [1.165, 1.54) is 6.07 Å². The van der Waals surface area contributed by atoms with E-state index in [4.69, 9.17) is 4.74 Å². The Bertz CT molecular complexity index is 761. The van der Waals surface area contributed by atoms with E-state index in [1.807, 2.05) is 37.3 Å². The highest BCUT2D eigenvalue weighted by molar-refractivity contribution is 5.97. The number of hydrogen-bond donors (Lipinski definition) is 0. The normalized spacial score (nSPS) is 18.5. The van der Waals surface area contributed by atoms with E-state index in [0.717, 1.165) is 17.9 Å². The topological polar surface area (TPSA) is 32.8 Å². The third-order valence-electron chi connectivity index (χ3n) is 4.79. The minimum atomic E-state index is -0.279. The molecule has 1 heterocycles. The molecule has 0 saturated carbocycles. The average Bonchev–Trinajstić information content (AvgIpc) is 2.62. The summed E-state index contributed by atoms with van der Waals surface area (Å²) in [6, 6.07) is 12.6. The highest BCUT2D eigenvalue weighted by Crippen LogP contribution is 2.24. The molecule has 1 aliphatic heterocycles. The lowest BCUT2D eigenvalue weighted by Crippen LogP contribution is -2.55. The second kappa shape index (κ2) is 7.23. The fourth-order valence-electron chi connectivity index (χ4n) is 3.10. The fraction of sp³-hybridized carbons (Fsp3) is 0.350. The van der Waals surface area contributed by atoms with E-state index >= 15 is 0 Å². The highest BCUT2D eigenvalue weighted by atomic mass is 19.1. The molecule has 0 radical (unpaired) electrons. The Labute approximate surface area is 147 Å². The average molecular weight is 342 g/mol. The van der Waals surface area contributed by atoms with E-state index in [0.29, 0.717) is 24.3 Å². The molecule has 2 aromatic carbocycles. The lowest BCUT2D eigenvalue weighted by atomic mass is 10.1. The number of amides is 1. The van der Waals surface area contributed by atoms with Gasteiger partial charge >= 0.3 is 0 Å². The molecule has 1 saturated heterocycles. The number of benzene rings is 2. The van der Waals surface area contributed by atoms with E-state index in [9.17, 15) is 9.18 Å². The van der Waals surface area contributed by atoms with Crippen LogP contribution in [0.2, 0.25) is 0 Å². The van der Waals surface area contributed by atoms with Crippen LogP contribution in [0.15, 0.2) is 42.5 Å². The molecular formula is C20H23FN2O2. The van der Waals surface area contributed by atoms with Crippen molar-refractivity contribution in [1.29, 1.82) is 0 Å². The number of carbonyl (C=O) groups excluding carboxylic acids is 1. The van der Waals surface area contributed by atoms with Crippen LogP contribution < -0.4 is 9.64 Å². The zero-order valence-electron chi connectivity index (χ0n) is 14.8. The molecule has 25 heavy (non-hydrogen) atoms. The molecule has 0 aliphatic carbocycles. The summed E-state index contributed by atoms with van der Waals surface area (Å²) in [6.45, 7) is 5.63. The van der Waals surface area contributed by atoms with Crippen molar-refractivity contribution in [2.75, 3.05) is 25.1 Å². The first-order valence-electron chi connectivity index (χ1n) is 8.44. The zero-order valence-corrected chi connectivity index (χ0v) is 14.8. The Morgan fingerprint density at radius 3 is 2.52 bits per heavy atom. The van der Waals surface area contributed by atoms with Gasteiger partial charge in [0.2, 0.25) is 5.91 Å². The van der Waals surface area contributed by atoms with E-state index in [2.05, 4.69) is 4.90 Å². The molecule has 4 nitrogen and oxygen atoms in total. The van der Waals surface area contributed by atoms with Crippen LogP contribution in [0.4, 0.5) is 10.1 Å². The van der Waals surface area contributed by atoms with E-state index < -0.39 is 0 Å². The molecule has 2 aromatic rings. The van der Waals surface area contributed by atoms with Crippen molar-refractivity contribution in [2.45, 2.75) is 26.4 Å². The summed E-state index contributed by atoms with van der Waals surface area (Å²) in [5.41, 5.74) is 2.35. The van der Waals surface area contributed by atoms with Gasteiger partial charge in [-0.15, -0.1) is 0 Å². The van der Waals surface area contributed by atoms with Gasteiger partial charge in [-0.05, 0) is 49.2 Å². The molecule has 0 aromatic heterocycles. The number of nitrogens with zero attached hydrogens (tertiary/aromatic N) is 2. The highest BCUT2D eigenvalue weighted by Gasteiger charge is 2.32. The summed E-state index contributed by atoms with van der Waals surface area (Å²) in [7, 11) is 1.64. The summed E-state index contributed by atoms with van der Waals surface area (Å²) < 4.78 is 19.0. The summed E-state index contributed by atoms with van der Waals surface area (Å²) in [5.74, 6) is 0.542. The van der Waals surface area contributed by atoms with Gasteiger partial charge in [-0.2, -0.15) is 0 Å². The first-order chi connectivity index (χ1) is 12.0. The Morgan fingerprint density at radius 2 is 1.88 bits per heavy atom. The predicted octanol–water partition coefficient (Wildman–Crippen LogP) is 3.38. The number of ether oxygens (including phenoxy) is 1. The minimum Gasteiger partial charge on any atom is -0.497 e. The first-order valence-corrected chi connectivity index (χ1v) is 8.44. The molecule has 1 aliphatic rings. The fourth-order valence-corrected chi connectivity index (χ4v) is 3.10. The molecule has 1 fully saturated rings. The van der Waals surface area contributed by atoms with Crippen LogP contribution in [-0.4, -0.2) is 37.0 Å². The summed E-state index contributed by atoms with van der Waals surface area (Å²) in [5, 5.41) is 0. The van der Waals surface area contributed by atoms with Crippen molar-refractivity contribution in [3.8, 4) is 5.75 Å². The molecule has 0 spiro atoms. The van der Waals surface area contributed by atoms with Gasteiger partial charge in [-0.25, -0.2) is 4.39 Å². The second-order valence-corrected chi connectivity index (χ2v) is 6.42. The number of halogens is 1. The van der Waals surface area contributed by atoms with E-state index in [-0.39, 0.29) is 17.8 Å².